The van der Waals surface area contributed by atoms with Crippen LogP contribution in [0.25, 0.3) is 0 Å². The topological polar surface area (TPSA) is 86.5 Å². The van der Waals surface area contributed by atoms with Crippen molar-refractivity contribution in [2.24, 2.45) is 0 Å². The number of aryl methyl sites for hydroxylation is 1. The Morgan fingerprint density at radius 1 is 0.889 bits per heavy atom. The molecule has 1 aromatic carbocycles. The molecule has 9 nitrogen and oxygen atoms in total. The Kier molecular flexibility index (Phi) is 8.64. The number of benzene rings is 1. The molecule has 36 heavy (non-hydrogen) atoms. The number of carbonyl (C=O) groups excluding carboxylic acids is 3. The van der Waals surface area contributed by atoms with Gasteiger partial charge in [-0.05, 0) is 49.6 Å². The van der Waals surface area contributed by atoms with Gasteiger partial charge in [0.2, 0.25) is 11.8 Å². The number of piperazine rings is 1. The average molecular weight is 497 g/mol. The summed E-state index contributed by atoms with van der Waals surface area (Å²) < 4.78 is 10.4. The summed E-state index contributed by atoms with van der Waals surface area (Å²) in [6.45, 7) is 6.77. The van der Waals surface area contributed by atoms with Gasteiger partial charge in [0.15, 0.2) is 5.76 Å². The molecular formula is C27H36N4O5. The third kappa shape index (κ3) is 6.26. The minimum Gasteiger partial charge on any atom is -0.497 e. The molecule has 2 aliphatic rings. The van der Waals surface area contributed by atoms with Crippen LogP contribution in [0.2, 0.25) is 0 Å². The monoisotopic (exact) mass is 496 g/mol. The molecule has 1 atom stereocenters. The Morgan fingerprint density at radius 3 is 2.25 bits per heavy atom. The zero-order valence-corrected chi connectivity index (χ0v) is 21.2. The first-order valence-corrected chi connectivity index (χ1v) is 12.7. The van der Waals surface area contributed by atoms with E-state index in [1.807, 2.05) is 41.0 Å². The summed E-state index contributed by atoms with van der Waals surface area (Å²) in [6.07, 6.45) is 3.51. The number of hydrogen-bond acceptors (Lipinski definition) is 6. The van der Waals surface area contributed by atoms with E-state index in [0.29, 0.717) is 64.4 Å². The lowest BCUT2D eigenvalue weighted by Crippen LogP contribution is -2.55. The molecular weight excluding hydrogens is 460 g/mol. The third-order valence-corrected chi connectivity index (χ3v) is 7.19. The maximum Gasteiger partial charge on any atom is 0.289 e. The first-order valence-electron chi connectivity index (χ1n) is 12.7. The first-order chi connectivity index (χ1) is 17.5. The summed E-state index contributed by atoms with van der Waals surface area (Å²) in [5.41, 5.74) is 1.12. The molecule has 2 fully saturated rings. The van der Waals surface area contributed by atoms with Crippen LogP contribution in [0.15, 0.2) is 47.1 Å². The van der Waals surface area contributed by atoms with Crippen LogP contribution in [-0.2, 0) is 16.0 Å². The highest BCUT2D eigenvalue weighted by atomic mass is 16.5. The quantitative estimate of drug-likeness (QED) is 0.584. The fourth-order valence-electron chi connectivity index (χ4n) is 4.88. The molecule has 194 valence electrons. The van der Waals surface area contributed by atoms with E-state index in [4.69, 9.17) is 9.15 Å². The molecule has 0 aliphatic carbocycles. The van der Waals surface area contributed by atoms with Crippen molar-refractivity contribution in [2.75, 3.05) is 59.5 Å². The van der Waals surface area contributed by atoms with Crippen molar-refractivity contribution in [1.82, 2.24) is 19.6 Å². The predicted molar refractivity (Wildman–Crippen MR) is 135 cm³/mol. The summed E-state index contributed by atoms with van der Waals surface area (Å²) in [6, 6.07) is 10.9. The van der Waals surface area contributed by atoms with E-state index in [1.165, 1.54) is 6.26 Å². The number of furan rings is 1. The van der Waals surface area contributed by atoms with Crippen LogP contribution in [0.3, 0.4) is 0 Å². The zero-order chi connectivity index (χ0) is 25.5. The van der Waals surface area contributed by atoms with Gasteiger partial charge in [0.25, 0.3) is 5.91 Å². The minimum absolute atomic E-state index is 0.0828. The summed E-state index contributed by atoms with van der Waals surface area (Å²) in [5.74, 6) is 1.24. The Hall–Kier alpha value is -3.33. The minimum atomic E-state index is -0.258. The third-order valence-electron chi connectivity index (χ3n) is 7.19. The lowest BCUT2D eigenvalue weighted by molar-refractivity contribution is -0.137. The van der Waals surface area contributed by atoms with E-state index >= 15 is 0 Å². The SMILES string of the molecule is COc1ccc(CCC(=O)N2CCCN(C(C)C(=O)N3CCN(C(=O)c4ccco4)CC3)CC2)cc1. The molecule has 0 saturated carbocycles. The van der Waals surface area contributed by atoms with E-state index in [-0.39, 0.29) is 23.8 Å². The van der Waals surface area contributed by atoms with Crippen LogP contribution in [0.4, 0.5) is 0 Å². The standard InChI is InChI=1S/C27H36N4O5/c1-21(26(33)30-16-18-31(19-17-30)27(34)24-5-3-20-36-24)28-12-4-13-29(15-14-28)25(32)11-8-22-6-9-23(35-2)10-7-22/h3,5-7,9-10,20-21H,4,8,11-19H2,1-2H3. The van der Waals surface area contributed by atoms with Crippen LogP contribution in [0.1, 0.15) is 35.9 Å². The van der Waals surface area contributed by atoms with E-state index < -0.39 is 0 Å². The molecule has 0 radical (unpaired) electrons. The highest BCUT2D eigenvalue weighted by Crippen LogP contribution is 2.16. The number of methoxy groups -OCH3 is 1. The number of nitrogens with zero attached hydrogens (tertiary/aromatic N) is 4. The molecule has 2 saturated heterocycles. The second-order valence-electron chi connectivity index (χ2n) is 9.39. The molecule has 2 aromatic rings. The maximum atomic E-state index is 13.2. The van der Waals surface area contributed by atoms with Gasteiger partial charge >= 0.3 is 0 Å². The zero-order valence-electron chi connectivity index (χ0n) is 21.2. The van der Waals surface area contributed by atoms with Gasteiger partial charge in [-0.1, -0.05) is 12.1 Å². The van der Waals surface area contributed by atoms with Gasteiger partial charge in [0, 0.05) is 58.8 Å². The molecule has 0 spiro atoms. The second-order valence-corrected chi connectivity index (χ2v) is 9.39. The second kappa shape index (κ2) is 12.1. The van der Waals surface area contributed by atoms with Crippen molar-refractivity contribution in [3.8, 4) is 5.75 Å². The Balaban J connectivity index is 1.22. The van der Waals surface area contributed by atoms with Crippen molar-refractivity contribution in [3.05, 3.63) is 54.0 Å². The number of amides is 3. The Morgan fingerprint density at radius 2 is 1.58 bits per heavy atom. The van der Waals surface area contributed by atoms with Crippen molar-refractivity contribution in [3.63, 3.8) is 0 Å². The summed E-state index contributed by atoms with van der Waals surface area (Å²) in [4.78, 5) is 46.2. The number of carbonyl (C=O) groups is 3. The van der Waals surface area contributed by atoms with E-state index in [1.54, 1.807) is 24.1 Å². The predicted octanol–water partition coefficient (Wildman–Crippen LogP) is 2.13. The molecule has 3 heterocycles. The lowest BCUT2D eigenvalue weighted by atomic mass is 10.1. The largest absolute Gasteiger partial charge is 0.497 e. The summed E-state index contributed by atoms with van der Waals surface area (Å²) in [5, 5.41) is 0. The molecule has 1 aromatic heterocycles. The van der Waals surface area contributed by atoms with Gasteiger partial charge in [-0.3, -0.25) is 19.3 Å². The van der Waals surface area contributed by atoms with Gasteiger partial charge in [0.05, 0.1) is 19.4 Å². The van der Waals surface area contributed by atoms with Crippen LogP contribution >= 0.6 is 0 Å². The van der Waals surface area contributed by atoms with Gasteiger partial charge in [0.1, 0.15) is 5.75 Å². The summed E-state index contributed by atoms with van der Waals surface area (Å²) >= 11 is 0. The molecule has 4 rings (SSSR count). The van der Waals surface area contributed by atoms with Crippen molar-refractivity contribution in [1.29, 1.82) is 0 Å². The van der Waals surface area contributed by atoms with E-state index in [9.17, 15) is 14.4 Å². The fraction of sp³-hybridized carbons (Fsp3) is 0.519. The van der Waals surface area contributed by atoms with Gasteiger partial charge in [-0.2, -0.15) is 0 Å². The van der Waals surface area contributed by atoms with Crippen molar-refractivity contribution >= 4 is 17.7 Å². The van der Waals surface area contributed by atoms with Crippen LogP contribution in [0.5, 0.6) is 5.75 Å². The Bertz CT molecular complexity index is 1020. The highest BCUT2D eigenvalue weighted by Gasteiger charge is 2.31. The summed E-state index contributed by atoms with van der Waals surface area (Å²) in [7, 11) is 1.64. The number of ether oxygens (including phenoxy) is 1. The van der Waals surface area contributed by atoms with E-state index in [2.05, 4.69) is 4.90 Å². The van der Waals surface area contributed by atoms with Gasteiger partial charge in [-0.15, -0.1) is 0 Å². The molecule has 0 N–H and O–H groups in total. The maximum absolute atomic E-state index is 13.2. The average Bonchev–Trinajstić information content (AvgIpc) is 3.35. The molecule has 1 unspecified atom stereocenters. The fourth-order valence-corrected chi connectivity index (χ4v) is 4.88. The van der Waals surface area contributed by atoms with Crippen LogP contribution in [0, 0.1) is 0 Å². The normalized spacial score (nSPS) is 18.0. The number of hydrogen-bond donors (Lipinski definition) is 0. The molecule has 3 amide bonds. The number of rotatable bonds is 7. The van der Waals surface area contributed by atoms with Crippen molar-refractivity contribution < 1.29 is 23.5 Å². The first kappa shape index (κ1) is 25.8. The Labute approximate surface area is 212 Å². The van der Waals surface area contributed by atoms with E-state index in [0.717, 1.165) is 24.3 Å². The molecule has 2 aliphatic heterocycles. The lowest BCUT2D eigenvalue weighted by Gasteiger charge is -2.37. The van der Waals surface area contributed by atoms with Crippen molar-refractivity contribution in [2.45, 2.75) is 32.2 Å². The molecule has 0 bridgehead atoms. The van der Waals surface area contributed by atoms with Gasteiger partial charge < -0.3 is 23.9 Å². The highest BCUT2D eigenvalue weighted by molar-refractivity contribution is 5.91. The smallest absolute Gasteiger partial charge is 0.289 e. The van der Waals surface area contributed by atoms with Crippen LogP contribution < -0.4 is 4.74 Å². The van der Waals surface area contributed by atoms with Crippen LogP contribution in [-0.4, -0.2) is 103 Å². The molecule has 9 heteroatoms. The van der Waals surface area contributed by atoms with Gasteiger partial charge in [-0.25, -0.2) is 0 Å².